The van der Waals surface area contributed by atoms with E-state index in [1.807, 2.05) is 13.8 Å². The summed E-state index contributed by atoms with van der Waals surface area (Å²) in [4.78, 5) is 10.0. The molecule has 3 nitrogen and oxygen atoms in total. The third kappa shape index (κ3) is 1.66. The molecule has 0 aliphatic carbocycles. The normalized spacial score (nSPS) is 12.1. The lowest BCUT2D eigenvalue weighted by molar-refractivity contribution is -0.569. The summed E-state index contributed by atoms with van der Waals surface area (Å²) >= 11 is 0. The Labute approximate surface area is 55.2 Å². The van der Waals surface area contributed by atoms with Gasteiger partial charge in [-0.05, 0) is 0 Å². The molecule has 0 heterocycles. The number of nitro groups is 1. The second-order valence-electron chi connectivity index (χ2n) is 3.07. The van der Waals surface area contributed by atoms with Crippen LogP contribution >= 0.6 is 0 Å². The van der Waals surface area contributed by atoms with Crippen molar-refractivity contribution in [2.45, 2.75) is 33.2 Å². The maximum atomic E-state index is 10.3. The van der Waals surface area contributed by atoms with Crippen LogP contribution in [0.4, 0.5) is 0 Å². The second-order valence-corrected chi connectivity index (χ2v) is 3.07. The Morgan fingerprint density at radius 3 is 1.78 bits per heavy atom. The van der Waals surface area contributed by atoms with E-state index in [0.717, 1.165) is 0 Å². The van der Waals surface area contributed by atoms with Gasteiger partial charge in [-0.25, -0.2) is 0 Å². The highest BCUT2D eigenvalue weighted by molar-refractivity contribution is 4.70. The van der Waals surface area contributed by atoms with Crippen LogP contribution in [-0.2, 0) is 0 Å². The van der Waals surface area contributed by atoms with Gasteiger partial charge in [0.1, 0.15) is 0 Å². The van der Waals surface area contributed by atoms with E-state index < -0.39 is 5.54 Å². The lowest BCUT2D eigenvalue weighted by Crippen LogP contribution is -2.36. The van der Waals surface area contributed by atoms with E-state index in [1.54, 1.807) is 13.8 Å². The van der Waals surface area contributed by atoms with Crippen molar-refractivity contribution >= 4 is 0 Å². The molecule has 0 amide bonds. The minimum Gasteiger partial charge on any atom is -0.264 e. The Morgan fingerprint density at radius 1 is 1.44 bits per heavy atom. The van der Waals surface area contributed by atoms with E-state index in [2.05, 4.69) is 0 Å². The molecular weight excluding hydrogens is 118 g/mol. The fourth-order valence-corrected chi connectivity index (χ4v) is 0.211. The van der Waals surface area contributed by atoms with Crippen molar-refractivity contribution in [2.75, 3.05) is 0 Å². The largest absolute Gasteiger partial charge is 0.264 e. The smallest absolute Gasteiger partial charge is 0.219 e. The van der Waals surface area contributed by atoms with Crippen LogP contribution < -0.4 is 0 Å². The highest BCUT2D eigenvalue weighted by atomic mass is 16.6. The van der Waals surface area contributed by atoms with Crippen LogP contribution in [0.3, 0.4) is 0 Å². The van der Waals surface area contributed by atoms with Crippen molar-refractivity contribution in [2.24, 2.45) is 5.92 Å². The quantitative estimate of drug-likeness (QED) is 0.423. The lowest BCUT2D eigenvalue weighted by Gasteiger charge is -2.18. The van der Waals surface area contributed by atoms with Gasteiger partial charge in [-0.15, -0.1) is 0 Å². The predicted molar refractivity (Wildman–Crippen MR) is 35.9 cm³/mol. The van der Waals surface area contributed by atoms with Gasteiger partial charge in [-0.2, -0.15) is 0 Å². The summed E-state index contributed by atoms with van der Waals surface area (Å²) in [6.45, 7) is 6.97. The van der Waals surface area contributed by atoms with E-state index in [0.29, 0.717) is 0 Å². The third-order valence-corrected chi connectivity index (χ3v) is 1.88. The molecule has 0 atom stereocenters. The van der Waals surface area contributed by atoms with Gasteiger partial charge in [0.15, 0.2) is 0 Å². The Kier molecular flexibility index (Phi) is 2.18. The minimum absolute atomic E-state index is 0.0903. The molecule has 0 saturated carbocycles. The van der Waals surface area contributed by atoms with Gasteiger partial charge >= 0.3 is 0 Å². The molecule has 0 unspecified atom stereocenters. The molecule has 0 N–H and O–H groups in total. The molecule has 3 heteroatoms. The standard InChI is InChI=1S/C6H13NO2/c1-5(2)6(3,4)7(8)9/h5H,1-4H3. The molecule has 0 rings (SSSR count). The average Bonchev–Trinajstić information content (AvgIpc) is 1.65. The summed E-state index contributed by atoms with van der Waals surface area (Å²) in [6.07, 6.45) is 0. The average molecular weight is 131 g/mol. The number of rotatable bonds is 2. The Balaban J connectivity index is 4.19. The van der Waals surface area contributed by atoms with Crippen molar-refractivity contribution < 1.29 is 4.92 Å². The summed E-state index contributed by atoms with van der Waals surface area (Å²) in [5.41, 5.74) is -0.778. The first-order valence-corrected chi connectivity index (χ1v) is 3.03. The predicted octanol–water partition coefficient (Wildman–Crippen LogP) is 1.70. The summed E-state index contributed by atoms with van der Waals surface area (Å²) in [7, 11) is 0. The van der Waals surface area contributed by atoms with Gasteiger partial charge in [0, 0.05) is 24.7 Å². The van der Waals surface area contributed by atoms with Crippen LogP contribution in [-0.4, -0.2) is 10.5 Å². The molecule has 54 valence electrons. The molecule has 0 spiro atoms. The zero-order valence-electron chi connectivity index (χ0n) is 6.34. The van der Waals surface area contributed by atoms with Crippen LogP contribution in [0.2, 0.25) is 0 Å². The topological polar surface area (TPSA) is 43.1 Å². The Morgan fingerprint density at radius 2 is 1.78 bits per heavy atom. The van der Waals surface area contributed by atoms with Gasteiger partial charge in [-0.1, -0.05) is 13.8 Å². The maximum Gasteiger partial charge on any atom is 0.219 e. The molecule has 0 aromatic rings. The molecular formula is C6H13NO2. The zero-order chi connectivity index (χ0) is 7.65. The molecule has 0 fully saturated rings. The minimum atomic E-state index is -0.778. The lowest BCUT2D eigenvalue weighted by atomic mass is 9.92. The zero-order valence-corrected chi connectivity index (χ0v) is 6.34. The number of hydrogen-bond acceptors (Lipinski definition) is 2. The second kappa shape index (κ2) is 2.33. The summed E-state index contributed by atoms with van der Waals surface area (Å²) in [5, 5.41) is 10.3. The molecule has 0 aromatic heterocycles. The van der Waals surface area contributed by atoms with Crippen molar-refractivity contribution in [3.05, 3.63) is 10.1 Å². The SMILES string of the molecule is CC(C)C(C)(C)[N+](=O)[O-]. The number of hydrogen-bond donors (Lipinski definition) is 0. The summed E-state index contributed by atoms with van der Waals surface area (Å²) in [6, 6.07) is 0. The molecule has 0 aliphatic rings. The molecule has 0 aromatic carbocycles. The highest BCUT2D eigenvalue weighted by Gasteiger charge is 2.34. The van der Waals surface area contributed by atoms with Crippen molar-refractivity contribution in [3.63, 3.8) is 0 Å². The van der Waals surface area contributed by atoms with Crippen LogP contribution in [0.1, 0.15) is 27.7 Å². The van der Waals surface area contributed by atoms with Crippen LogP contribution in [0, 0.1) is 16.0 Å². The van der Waals surface area contributed by atoms with Gasteiger partial charge in [0.25, 0.3) is 0 Å². The van der Waals surface area contributed by atoms with Crippen LogP contribution in [0.5, 0.6) is 0 Å². The maximum absolute atomic E-state index is 10.3. The molecule has 0 radical (unpaired) electrons. The van der Waals surface area contributed by atoms with Gasteiger partial charge in [-0.3, -0.25) is 10.1 Å². The van der Waals surface area contributed by atoms with Gasteiger partial charge in [0.05, 0.1) is 0 Å². The third-order valence-electron chi connectivity index (χ3n) is 1.88. The fourth-order valence-electron chi connectivity index (χ4n) is 0.211. The van der Waals surface area contributed by atoms with E-state index in [9.17, 15) is 10.1 Å². The van der Waals surface area contributed by atoms with E-state index in [1.165, 1.54) is 0 Å². The summed E-state index contributed by atoms with van der Waals surface area (Å²) in [5.74, 6) is 0.0903. The van der Waals surface area contributed by atoms with Crippen LogP contribution in [0.15, 0.2) is 0 Å². The highest BCUT2D eigenvalue weighted by Crippen LogP contribution is 2.18. The van der Waals surface area contributed by atoms with E-state index in [4.69, 9.17) is 0 Å². The Bertz CT molecular complexity index is 118. The first kappa shape index (κ1) is 8.40. The molecule has 0 bridgehead atoms. The van der Waals surface area contributed by atoms with Crippen molar-refractivity contribution in [1.29, 1.82) is 0 Å². The van der Waals surface area contributed by atoms with E-state index in [-0.39, 0.29) is 10.8 Å². The molecule has 9 heavy (non-hydrogen) atoms. The molecule has 0 saturated heterocycles. The van der Waals surface area contributed by atoms with Crippen LogP contribution in [0.25, 0.3) is 0 Å². The first-order chi connectivity index (χ1) is 3.89. The fraction of sp³-hybridized carbons (Fsp3) is 1.00. The number of nitrogens with zero attached hydrogens (tertiary/aromatic N) is 1. The first-order valence-electron chi connectivity index (χ1n) is 3.03. The van der Waals surface area contributed by atoms with Crippen molar-refractivity contribution in [1.82, 2.24) is 0 Å². The van der Waals surface area contributed by atoms with Gasteiger partial charge < -0.3 is 0 Å². The van der Waals surface area contributed by atoms with Crippen molar-refractivity contribution in [3.8, 4) is 0 Å². The Hall–Kier alpha value is -0.600. The molecule has 0 aliphatic heterocycles. The van der Waals surface area contributed by atoms with E-state index >= 15 is 0 Å². The monoisotopic (exact) mass is 131 g/mol. The van der Waals surface area contributed by atoms with Gasteiger partial charge in [0.2, 0.25) is 5.54 Å². The summed E-state index contributed by atoms with van der Waals surface area (Å²) < 4.78 is 0.